The van der Waals surface area contributed by atoms with Crippen molar-refractivity contribution in [1.29, 1.82) is 0 Å². The van der Waals surface area contributed by atoms with E-state index in [4.69, 9.17) is 5.11 Å². The molecule has 2 rings (SSSR count). The highest BCUT2D eigenvalue weighted by Crippen LogP contribution is 2.28. The Morgan fingerprint density at radius 2 is 2.24 bits per heavy atom. The summed E-state index contributed by atoms with van der Waals surface area (Å²) in [6, 6.07) is 4.37. The molecule has 1 aliphatic rings. The Bertz CT molecular complexity index is 588. The molecule has 1 aromatic carbocycles. The van der Waals surface area contributed by atoms with Gasteiger partial charge in [-0.1, -0.05) is 18.8 Å². The maximum atomic E-state index is 13.5. The van der Waals surface area contributed by atoms with Crippen LogP contribution in [-0.4, -0.2) is 34.6 Å². The Morgan fingerprint density at radius 1 is 1.48 bits per heavy atom. The summed E-state index contributed by atoms with van der Waals surface area (Å²) < 4.78 is 13.5. The number of halogens is 1. The van der Waals surface area contributed by atoms with Crippen molar-refractivity contribution in [1.82, 2.24) is 4.90 Å². The van der Waals surface area contributed by atoms with Gasteiger partial charge in [-0.15, -0.1) is 0 Å². The lowest BCUT2D eigenvalue weighted by atomic mass is 10.0. The molecule has 1 saturated heterocycles. The molecule has 0 aliphatic carbocycles. The molecule has 1 aliphatic heterocycles. The minimum Gasteiger partial charge on any atom is -0.384 e. The van der Waals surface area contributed by atoms with E-state index in [1.807, 2.05) is 11.8 Å². The van der Waals surface area contributed by atoms with Crippen LogP contribution >= 0.6 is 0 Å². The zero-order valence-electron chi connectivity index (χ0n) is 12.4. The van der Waals surface area contributed by atoms with Gasteiger partial charge in [0.2, 0.25) is 0 Å². The van der Waals surface area contributed by atoms with Crippen molar-refractivity contribution in [3.05, 3.63) is 35.1 Å². The minimum absolute atomic E-state index is 0.157. The van der Waals surface area contributed by atoms with Crippen molar-refractivity contribution in [3.8, 4) is 11.8 Å². The third kappa shape index (κ3) is 3.25. The first-order chi connectivity index (χ1) is 10.1. The summed E-state index contributed by atoms with van der Waals surface area (Å²) in [7, 11) is 0. The van der Waals surface area contributed by atoms with E-state index in [9.17, 15) is 9.18 Å². The zero-order chi connectivity index (χ0) is 15.4. The lowest BCUT2D eigenvalue weighted by Gasteiger charge is -2.28. The van der Waals surface area contributed by atoms with Crippen LogP contribution in [0.1, 0.15) is 49.0 Å². The van der Waals surface area contributed by atoms with Gasteiger partial charge >= 0.3 is 0 Å². The molecule has 0 spiro atoms. The molecule has 1 amide bonds. The monoisotopic (exact) mass is 289 g/mol. The fraction of sp³-hybridized carbons (Fsp3) is 0.471. The zero-order valence-corrected chi connectivity index (χ0v) is 12.4. The van der Waals surface area contributed by atoms with Crippen molar-refractivity contribution in [2.45, 2.75) is 45.2 Å². The average Bonchev–Trinajstić information content (AvgIpc) is 2.86. The second kappa shape index (κ2) is 6.73. The van der Waals surface area contributed by atoms with Crippen molar-refractivity contribution in [2.75, 3.05) is 6.61 Å². The highest BCUT2D eigenvalue weighted by molar-refractivity contribution is 5.97. The SMILES string of the molecule is CCC1CCC(C)N1C(=O)c1cc(F)ccc1C#CCO. The smallest absolute Gasteiger partial charge is 0.255 e. The van der Waals surface area contributed by atoms with Crippen molar-refractivity contribution in [3.63, 3.8) is 0 Å². The fourth-order valence-corrected chi connectivity index (χ4v) is 2.91. The van der Waals surface area contributed by atoms with Crippen LogP contribution < -0.4 is 0 Å². The van der Waals surface area contributed by atoms with Crippen LogP contribution in [0.25, 0.3) is 0 Å². The molecule has 4 heteroatoms. The molecule has 1 N–H and O–H groups in total. The lowest BCUT2D eigenvalue weighted by molar-refractivity contribution is 0.0675. The van der Waals surface area contributed by atoms with Crippen LogP contribution in [-0.2, 0) is 0 Å². The Balaban J connectivity index is 2.40. The van der Waals surface area contributed by atoms with Crippen LogP contribution in [0, 0.1) is 17.7 Å². The summed E-state index contributed by atoms with van der Waals surface area (Å²) in [5.74, 6) is 4.62. The van der Waals surface area contributed by atoms with Gasteiger partial charge in [0.05, 0.1) is 5.56 Å². The summed E-state index contributed by atoms with van der Waals surface area (Å²) in [5, 5.41) is 8.80. The Hall–Kier alpha value is -1.86. The summed E-state index contributed by atoms with van der Waals surface area (Å²) in [4.78, 5) is 14.6. The topological polar surface area (TPSA) is 40.5 Å². The standard InChI is InChI=1S/C17H20FNO2/c1-3-15-9-6-12(2)19(15)17(21)16-11-14(18)8-7-13(16)5-4-10-20/h7-8,11-12,15,20H,3,6,9-10H2,1-2H3. The van der Waals surface area contributed by atoms with Gasteiger partial charge in [-0.2, -0.15) is 0 Å². The van der Waals surface area contributed by atoms with Crippen LogP contribution in [0.4, 0.5) is 4.39 Å². The normalized spacial score (nSPS) is 21.0. The maximum absolute atomic E-state index is 13.5. The Kier molecular flexibility index (Phi) is 4.98. The number of likely N-dealkylation sites (tertiary alicyclic amines) is 1. The largest absolute Gasteiger partial charge is 0.384 e. The van der Waals surface area contributed by atoms with E-state index < -0.39 is 5.82 Å². The van der Waals surface area contributed by atoms with Crippen LogP contribution in [0.2, 0.25) is 0 Å². The second-order valence-electron chi connectivity index (χ2n) is 5.35. The number of hydrogen-bond acceptors (Lipinski definition) is 2. The molecule has 1 fully saturated rings. The summed E-state index contributed by atoms with van der Waals surface area (Å²) in [5.41, 5.74) is 0.743. The van der Waals surface area contributed by atoms with E-state index in [0.717, 1.165) is 19.3 Å². The Morgan fingerprint density at radius 3 is 2.90 bits per heavy atom. The molecule has 1 heterocycles. The molecule has 0 saturated carbocycles. The van der Waals surface area contributed by atoms with Gasteiger partial charge in [0.1, 0.15) is 12.4 Å². The van der Waals surface area contributed by atoms with E-state index >= 15 is 0 Å². The predicted octanol–water partition coefficient (Wildman–Crippen LogP) is 2.57. The predicted molar refractivity (Wildman–Crippen MR) is 79.3 cm³/mol. The molecular formula is C17H20FNO2. The number of nitrogens with zero attached hydrogens (tertiary/aromatic N) is 1. The summed E-state index contributed by atoms with van der Waals surface area (Å²) >= 11 is 0. The minimum atomic E-state index is -0.451. The number of benzene rings is 1. The third-order valence-corrected chi connectivity index (χ3v) is 4.01. The molecule has 0 radical (unpaired) electrons. The van der Waals surface area contributed by atoms with E-state index in [-0.39, 0.29) is 30.2 Å². The molecule has 112 valence electrons. The number of hydrogen-bond donors (Lipinski definition) is 1. The lowest BCUT2D eigenvalue weighted by Crippen LogP contribution is -2.40. The van der Waals surface area contributed by atoms with Crippen molar-refractivity contribution < 1.29 is 14.3 Å². The van der Waals surface area contributed by atoms with Gasteiger partial charge in [-0.25, -0.2) is 4.39 Å². The van der Waals surface area contributed by atoms with Crippen molar-refractivity contribution in [2.24, 2.45) is 0 Å². The molecule has 2 unspecified atom stereocenters. The molecule has 3 nitrogen and oxygen atoms in total. The highest BCUT2D eigenvalue weighted by atomic mass is 19.1. The fourth-order valence-electron chi connectivity index (χ4n) is 2.91. The van der Waals surface area contributed by atoms with Crippen LogP contribution in [0.5, 0.6) is 0 Å². The highest BCUT2D eigenvalue weighted by Gasteiger charge is 2.34. The second-order valence-corrected chi connectivity index (χ2v) is 5.35. The van der Waals surface area contributed by atoms with Crippen LogP contribution in [0.3, 0.4) is 0 Å². The average molecular weight is 289 g/mol. The maximum Gasteiger partial charge on any atom is 0.255 e. The van der Waals surface area contributed by atoms with Gasteiger partial charge in [0.25, 0.3) is 5.91 Å². The van der Waals surface area contributed by atoms with E-state index in [1.54, 1.807) is 0 Å². The quantitative estimate of drug-likeness (QED) is 0.850. The van der Waals surface area contributed by atoms with Gasteiger partial charge < -0.3 is 10.0 Å². The molecular weight excluding hydrogens is 269 g/mol. The molecule has 0 aromatic heterocycles. The summed E-state index contributed by atoms with van der Waals surface area (Å²) in [6.07, 6.45) is 2.84. The molecule has 2 atom stereocenters. The van der Waals surface area contributed by atoms with E-state index in [0.29, 0.717) is 5.56 Å². The van der Waals surface area contributed by atoms with E-state index in [1.165, 1.54) is 18.2 Å². The number of rotatable bonds is 2. The first kappa shape index (κ1) is 15.5. The molecule has 1 aromatic rings. The third-order valence-electron chi connectivity index (χ3n) is 4.01. The number of carbonyl (C=O) groups is 1. The molecule has 0 bridgehead atoms. The van der Waals surface area contributed by atoms with E-state index in [2.05, 4.69) is 18.8 Å². The van der Waals surface area contributed by atoms with Gasteiger partial charge in [0, 0.05) is 17.6 Å². The summed E-state index contributed by atoms with van der Waals surface area (Å²) in [6.45, 7) is 3.79. The number of aliphatic hydroxyl groups excluding tert-OH is 1. The number of aliphatic hydroxyl groups is 1. The first-order valence-corrected chi connectivity index (χ1v) is 7.30. The number of carbonyl (C=O) groups excluding carboxylic acids is 1. The van der Waals surface area contributed by atoms with Gasteiger partial charge in [-0.3, -0.25) is 4.79 Å². The number of amides is 1. The Labute approximate surface area is 124 Å². The van der Waals surface area contributed by atoms with Gasteiger partial charge in [-0.05, 0) is 44.4 Å². The van der Waals surface area contributed by atoms with Crippen LogP contribution in [0.15, 0.2) is 18.2 Å². The van der Waals surface area contributed by atoms with Gasteiger partial charge in [0.15, 0.2) is 0 Å². The first-order valence-electron chi connectivity index (χ1n) is 7.30. The molecule has 21 heavy (non-hydrogen) atoms. The van der Waals surface area contributed by atoms with Crippen molar-refractivity contribution >= 4 is 5.91 Å².